The van der Waals surface area contributed by atoms with E-state index in [1.807, 2.05) is 0 Å². The van der Waals surface area contributed by atoms with Crippen LogP contribution in [0.15, 0.2) is 35.0 Å². The van der Waals surface area contributed by atoms with Crippen LogP contribution in [-0.4, -0.2) is 17.8 Å². The molecule has 3 nitrogen and oxygen atoms in total. The number of anilines is 1. The van der Waals surface area contributed by atoms with Gasteiger partial charge in [-0.25, -0.2) is 0 Å². The van der Waals surface area contributed by atoms with E-state index in [2.05, 4.69) is 61.1 Å². The van der Waals surface area contributed by atoms with E-state index in [0.717, 1.165) is 12.8 Å². The number of ether oxygens (including phenoxy) is 1. The van der Waals surface area contributed by atoms with E-state index in [1.165, 1.54) is 22.4 Å². The number of benzene rings is 1. The van der Waals surface area contributed by atoms with Gasteiger partial charge in [-0.15, -0.1) is 0 Å². The predicted octanol–water partition coefficient (Wildman–Crippen LogP) is 5.04. The number of thiophene rings is 1. The standard InChI is InChI=1S/C21H27NO2S/c1-21(2,3)14-4-7-18-17(10-14)20-16(6-5-15(11-23)24-20)19(22-18)13-8-9-25-12-13/h4,7-10,12,15-16,19-20,22-23H,5-6,11H2,1-3H3/t15?,16-,19-,20-/m0/s1. The van der Waals surface area contributed by atoms with E-state index >= 15 is 0 Å². The highest BCUT2D eigenvalue weighted by molar-refractivity contribution is 7.08. The SMILES string of the molecule is CC(C)(C)c1ccc2c(c1)[C@H]1OC(CO)CC[C@H]1[C@H](c1ccsc1)N2. The lowest BCUT2D eigenvalue weighted by molar-refractivity contribution is -0.110. The summed E-state index contributed by atoms with van der Waals surface area (Å²) in [4.78, 5) is 0. The van der Waals surface area contributed by atoms with Gasteiger partial charge >= 0.3 is 0 Å². The van der Waals surface area contributed by atoms with Crippen molar-refractivity contribution >= 4 is 17.0 Å². The van der Waals surface area contributed by atoms with Crippen molar-refractivity contribution in [1.82, 2.24) is 0 Å². The molecule has 4 heteroatoms. The summed E-state index contributed by atoms with van der Waals surface area (Å²) in [6.07, 6.45) is 2.00. The minimum Gasteiger partial charge on any atom is -0.394 e. The van der Waals surface area contributed by atoms with Crippen molar-refractivity contribution in [3.8, 4) is 0 Å². The molecule has 2 aromatic rings. The van der Waals surface area contributed by atoms with Crippen LogP contribution in [0.5, 0.6) is 0 Å². The molecule has 1 fully saturated rings. The summed E-state index contributed by atoms with van der Waals surface area (Å²) in [7, 11) is 0. The second-order valence-electron chi connectivity index (χ2n) is 8.33. The number of nitrogens with one attached hydrogen (secondary N) is 1. The van der Waals surface area contributed by atoms with Crippen molar-refractivity contribution in [2.24, 2.45) is 5.92 Å². The lowest BCUT2D eigenvalue weighted by atomic mass is 9.75. The zero-order valence-electron chi connectivity index (χ0n) is 15.2. The molecule has 2 aliphatic heterocycles. The first-order valence-corrected chi connectivity index (χ1v) is 10.1. The van der Waals surface area contributed by atoms with E-state index < -0.39 is 0 Å². The summed E-state index contributed by atoms with van der Waals surface area (Å²) in [6, 6.07) is 9.24. The molecule has 0 amide bonds. The molecule has 134 valence electrons. The van der Waals surface area contributed by atoms with Crippen molar-refractivity contribution in [1.29, 1.82) is 0 Å². The average molecular weight is 358 g/mol. The Morgan fingerprint density at radius 2 is 2.08 bits per heavy atom. The second-order valence-corrected chi connectivity index (χ2v) is 9.11. The van der Waals surface area contributed by atoms with Gasteiger partial charge in [0, 0.05) is 17.2 Å². The van der Waals surface area contributed by atoms with Crippen molar-refractivity contribution in [2.45, 2.75) is 57.3 Å². The lowest BCUT2D eigenvalue weighted by Crippen LogP contribution is -2.40. The molecule has 1 unspecified atom stereocenters. The molecule has 2 aliphatic rings. The molecule has 1 saturated heterocycles. The van der Waals surface area contributed by atoms with Crippen LogP contribution in [0.2, 0.25) is 0 Å². The number of aliphatic hydroxyl groups is 1. The molecule has 25 heavy (non-hydrogen) atoms. The van der Waals surface area contributed by atoms with Gasteiger partial charge in [-0.2, -0.15) is 11.3 Å². The van der Waals surface area contributed by atoms with Crippen LogP contribution in [0.3, 0.4) is 0 Å². The monoisotopic (exact) mass is 357 g/mol. The van der Waals surface area contributed by atoms with Gasteiger partial charge in [0.1, 0.15) is 0 Å². The Bertz CT molecular complexity index is 735. The minimum atomic E-state index is -0.0476. The van der Waals surface area contributed by atoms with Crippen LogP contribution < -0.4 is 5.32 Å². The molecular weight excluding hydrogens is 330 g/mol. The second kappa shape index (κ2) is 6.42. The smallest absolute Gasteiger partial charge is 0.0900 e. The normalized spacial score (nSPS) is 28.8. The van der Waals surface area contributed by atoms with Crippen molar-refractivity contribution < 1.29 is 9.84 Å². The van der Waals surface area contributed by atoms with Crippen LogP contribution >= 0.6 is 11.3 Å². The predicted molar refractivity (Wildman–Crippen MR) is 103 cm³/mol. The molecule has 0 radical (unpaired) electrons. The number of fused-ring (bicyclic) bond motifs is 3. The molecule has 0 spiro atoms. The number of hydrogen-bond acceptors (Lipinski definition) is 4. The minimum absolute atomic E-state index is 0.0476. The summed E-state index contributed by atoms with van der Waals surface area (Å²) in [5.41, 5.74) is 5.21. The van der Waals surface area contributed by atoms with E-state index in [-0.39, 0.29) is 30.3 Å². The van der Waals surface area contributed by atoms with Crippen LogP contribution in [-0.2, 0) is 10.2 Å². The van der Waals surface area contributed by atoms with Crippen molar-refractivity contribution in [3.05, 3.63) is 51.7 Å². The number of aliphatic hydroxyl groups excluding tert-OH is 1. The molecule has 1 aromatic carbocycles. The molecule has 0 bridgehead atoms. The van der Waals surface area contributed by atoms with Crippen LogP contribution in [0.25, 0.3) is 0 Å². The van der Waals surface area contributed by atoms with Gasteiger partial charge < -0.3 is 15.2 Å². The average Bonchev–Trinajstić information content (AvgIpc) is 3.13. The molecule has 4 atom stereocenters. The van der Waals surface area contributed by atoms with E-state index in [1.54, 1.807) is 11.3 Å². The van der Waals surface area contributed by atoms with E-state index in [0.29, 0.717) is 5.92 Å². The fourth-order valence-electron chi connectivity index (χ4n) is 4.14. The molecule has 4 rings (SSSR count). The Hall–Kier alpha value is -1.36. The molecule has 0 saturated carbocycles. The maximum absolute atomic E-state index is 9.62. The molecule has 3 heterocycles. The topological polar surface area (TPSA) is 41.5 Å². The Morgan fingerprint density at radius 1 is 1.24 bits per heavy atom. The Morgan fingerprint density at radius 3 is 2.76 bits per heavy atom. The highest BCUT2D eigenvalue weighted by atomic mass is 32.1. The summed E-state index contributed by atoms with van der Waals surface area (Å²) in [5.74, 6) is 0.403. The summed E-state index contributed by atoms with van der Waals surface area (Å²) < 4.78 is 6.38. The van der Waals surface area contributed by atoms with E-state index in [9.17, 15) is 5.11 Å². The van der Waals surface area contributed by atoms with Gasteiger partial charge in [0.25, 0.3) is 0 Å². The summed E-state index contributed by atoms with van der Waals surface area (Å²) >= 11 is 1.74. The van der Waals surface area contributed by atoms with Crippen LogP contribution in [0, 0.1) is 5.92 Å². The zero-order chi connectivity index (χ0) is 17.6. The molecule has 1 aromatic heterocycles. The van der Waals surface area contributed by atoms with Gasteiger partial charge in [0.15, 0.2) is 0 Å². The molecule has 2 N–H and O–H groups in total. The van der Waals surface area contributed by atoms with Gasteiger partial charge in [-0.3, -0.25) is 0 Å². The van der Waals surface area contributed by atoms with Crippen molar-refractivity contribution in [3.63, 3.8) is 0 Å². The quantitative estimate of drug-likeness (QED) is 0.791. The highest BCUT2D eigenvalue weighted by Gasteiger charge is 2.42. The van der Waals surface area contributed by atoms with Gasteiger partial charge in [0.05, 0.1) is 24.9 Å². The van der Waals surface area contributed by atoms with Crippen molar-refractivity contribution in [2.75, 3.05) is 11.9 Å². The largest absolute Gasteiger partial charge is 0.394 e. The maximum atomic E-state index is 9.62. The maximum Gasteiger partial charge on any atom is 0.0900 e. The van der Waals surface area contributed by atoms with Gasteiger partial charge in [-0.1, -0.05) is 32.9 Å². The highest BCUT2D eigenvalue weighted by Crippen LogP contribution is 2.51. The molecule has 0 aliphatic carbocycles. The zero-order valence-corrected chi connectivity index (χ0v) is 16.0. The van der Waals surface area contributed by atoms with Crippen LogP contribution in [0.1, 0.15) is 62.4 Å². The third-order valence-corrected chi connectivity index (χ3v) is 6.32. The number of rotatable bonds is 2. The molecular formula is C21H27NO2S. The summed E-state index contributed by atoms with van der Waals surface area (Å²) in [5, 5.41) is 17.8. The first-order valence-electron chi connectivity index (χ1n) is 9.17. The third-order valence-electron chi connectivity index (χ3n) is 5.62. The van der Waals surface area contributed by atoms with Crippen LogP contribution in [0.4, 0.5) is 5.69 Å². The first kappa shape index (κ1) is 17.1. The van der Waals surface area contributed by atoms with Gasteiger partial charge in [0.2, 0.25) is 0 Å². The Kier molecular flexibility index (Phi) is 4.38. The first-order chi connectivity index (χ1) is 12.0. The Labute approximate surface area is 154 Å². The fourth-order valence-corrected chi connectivity index (χ4v) is 4.84. The van der Waals surface area contributed by atoms with E-state index in [4.69, 9.17) is 4.74 Å². The summed E-state index contributed by atoms with van der Waals surface area (Å²) in [6.45, 7) is 6.84. The Balaban J connectivity index is 1.77. The lowest BCUT2D eigenvalue weighted by Gasteiger charge is -2.45. The fraction of sp³-hybridized carbons (Fsp3) is 0.524. The number of hydrogen-bond donors (Lipinski definition) is 2. The van der Waals surface area contributed by atoms with Gasteiger partial charge in [-0.05, 0) is 52.3 Å². The third kappa shape index (κ3) is 3.12.